The van der Waals surface area contributed by atoms with E-state index in [4.69, 9.17) is 15.2 Å². The van der Waals surface area contributed by atoms with E-state index < -0.39 is 11.7 Å². The van der Waals surface area contributed by atoms with Crippen molar-refractivity contribution >= 4 is 17.7 Å². The maximum absolute atomic E-state index is 11.4. The van der Waals surface area contributed by atoms with Gasteiger partial charge in [0.05, 0.1) is 12.8 Å². The first-order chi connectivity index (χ1) is 10.8. The van der Waals surface area contributed by atoms with Crippen LogP contribution < -0.4 is 21.1 Å². The maximum Gasteiger partial charge on any atom is 0.407 e. The van der Waals surface area contributed by atoms with Crippen LogP contribution in [-0.4, -0.2) is 37.9 Å². The minimum atomic E-state index is -0.495. The number of rotatable bonds is 6. The van der Waals surface area contributed by atoms with Crippen LogP contribution in [0.5, 0.6) is 5.75 Å². The number of benzene rings is 1. The molecule has 0 fully saturated rings. The molecule has 0 aliphatic carbocycles. The van der Waals surface area contributed by atoms with Crippen molar-refractivity contribution < 1.29 is 14.3 Å². The number of methoxy groups -OCH3 is 1. The Morgan fingerprint density at radius 3 is 2.65 bits per heavy atom. The Bertz CT molecular complexity index is 538. The molecule has 0 saturated heterocycles. The second-order valence-corrected chi connectivity index (χ2v) is 5.87. The van der Waals surface area contributed by atoms with E-state index in [0.29, 0.717) is 31.2 Å². The molecular formula is C16H26N4O3. The number of nitrogens with zero attached hydrogens (tertiary/aromatic N) is 1. The summed E-state index contributed by atoms with van der Waals surface area (Å²) in [4.78, 5) is 15.6. The molecule has 0 spiro atoms. The van der Waals surface area contributed by atoms with Crippen molar-refractivity contribution in [1.29, 1.82) is 0 Å². The fourth-order valence-electron chi connectivity index (χ4n) is 1.71. The van der Waals surface area contributed by atoms with Crippen molar-refractivity contribution in [2.75, 3.05) is 25.5 Å². The van der Waals surface area contributed by atoms with E-state index in [9.17, 15) is 4.79 Å². The van der Waals surface area contributed by atoms with Gasteiger partial charge in [0.25, 0.3) is 0 Å². The summed E-state index contributed by atoms with van der Waals surface area (Å²) in [6.07, 6.45) is 0.231. The van der Waals surface area contributed by atoms with E-state index in [1.165, 1.54) is 0 Å². The monoisotopic (exact) mass is 322 g/mol. The number of nitrogens with one attached hydrogen (secondary N) is 2. The quantitative estimate of drug-likeness (QED) is 0.424. The third-order valence-electron chi connectivity index (χ3n) is 2.65. The lowest BCUT2D eigenvalue weighted by atomic mass is 10.2. The molecule has 0 atom stereocenters. The van der Waals surface area contributed by atoms with Crippen molar-refractivity contribution in [3.8, 4) is 5.75 Å². The van der Waals surface area contributed by atoms with Crippen molar-refractivity contribution in [3.63, 3.8) is 0 Å². The first-order valence-corrected chi connectivity index (χ1v) is 7.48. The number of para-hydroxylation sites is 2. The standard InChI is InChI=1S/C16H26N4O3/c1-16(2,3)23-15(21)19-11-7-10-18-14(17)20-12-8-5-6-9-13(12)22-4/h5-6,8-9H,7,10-11H2,1-4H3,(H,19,21)(H3,17,18,20). The molecule has 1 aromatic carbocycles. The minimum absolute atomic E-state index is 0.298. The van der Waals surface area contributed by atoms with E-state index in [2.05, 4.69) is 15.6 Å². The van der Waals surface area contributed by atoms with Gasteiger partial charge in [-0.1, -0.05) is 12.1 Å². The van der Waals surface area contributed by atoms with E-state index >= 15 is 0 Å². The minimum Gasteiger partial charge on any atom is -0.495 e. The zero-order chi connectivity index (χ0) is 17.3. The summed E-state index contributed by atoms with van der Waals surface area (Å²) in [7, 11) is 1.59. The van der Waals surface area contributed by atoms with Gasteiger partial charge in [-0.2, -0.15) is 0 Å². The zero-order valence-electron chi connectivity index (χ0n) is 14.2. The Balaban J connectivity index is 2.31. The van der Waals surface area contributed by atoms with E-state index in [-0.39, 0.29) is 0 Å². The van der Waals surface area contributed by atoms with Gasteiger partial charge in [-0.05, 0) is 39.3 Å². The zero-order valence-corrected chi connectivity index (χ0v) is 14.2. The smallest absolute Gasteiger partial charge is 0.407 e. The van der Waals surface area contributed by atoms with E-state index in [0.717, 1.165) is 5.69 Å². The average Bonchev–Trinajstić information content (AvgIpc) is 2.45. The Morgan fingerprint density at radius 2 is 2.00 bits per heavy atom. The number of alkyl carbamates (subject to hydrolysis) is 1. The van der Waals surface area contributed by atoms with Gasteiger partial charge in [0.2, 0.25) is 0 Å². The molecule has 0 saturated carbocycles. The van der Waals surface area contributed by atoms with Gasteiger partial charge in [0.15, 0.2) is 5.96 Å². The molecule has 0 radical (unpaired) electrons. The van der Waals surface area contributed by atoms with Crippen molar-refractivity contribution in [1.82, 2.24) is 5.32 Å². The highest BCUT2D eigenvalue weighted by Gasteiger charge is 2.15. The van der Waals surface area contributed by atoms with Gasteiger partial charge in [-0.3, -0.25) is 4.99 Å². The van der Waals surface area contributed by atoms with Crippen LogP contribution in [-0.2, 0) is 4.74 Å². The van der Waals surface area contributed by atoms with Crippen molar-refractivity contribution in [2.24, 2.45) is 10.7 Å². The molecule has 0 bridgehead atoms. The highest BCUT2D eigenvalue weighted by atomic mass is 16.6. The molecule has 0 unspecified atom stereocenters. The van der Waals surface area contributed by atoms with Crippen LogP contribution in [0.2, 0.25) is 0 Å². The molecule has 128 valence electrons. The van der Waals surface area contributed by atoms with Crippen LogP contribution in [0.3, 0.4) is 0 Å². The van der Waals surface area contributed by atoms with Crippen molar-refractivity contribution in [3.05, 3.63) is 24.3 Å². The lowest BCUT2D eigenvalue weighted by molar-refractivity contribution is 0.0527. The van der Waals surface area contributed by atoms with Gasteiger partial charge >= 0.3 is 6.09 Å². The van der Waals surface area contributed by atoms with E-state index in [1.807, 2.05) is 45.0 Å². The summed E-state index contributed by atoms with van der Waals surface area (Å²) in [6, 6.07) is 7.44. The van der Waals surface area contributed by atoms with Crippen molar-refractivity contribution in [2.45, 2.75) is 32.8 Å². The number of aliphatic imine (C=N–C) groups is 1. The fourth-order valence-corrected chi connectivity index (χ4v) is 1.71. The second-order valence-electron chi connectivity index (χ2n) is 5.87. The topological polar surface area (TPSA) is 98.0 Å². The predicted octanol–water partition coefficient (Wildman–Crippen LogP) is 2.34. The average molecular weight is 322 g/mol. The van der Waals surface area contributed by atoms with Crippen LogP contribution in [0.15, 0.2) is 29.3 Å². The van der Waals surface area contributed by atoms with Crippen LogP contribution in [0.4, 0.5) is 10.5 Å². The lowest BCUT2D eigenvalue weighted by Crippen LogP contribution is -2.33. The number of guanidine groups is 1. The van der Waals surface area contributed by atoms with Crippen LogP contribution in [0.25, 0.3) is 0 Å². The molecule has 1 rings (SSSR count). The number of amides is 1. The number of ether oxygens (including phenoxy) is 2. The van der Waals surface area contributed by atoms with Crippen LogP contribution >= 0.6 is 0 Å². The molecule has 23 heavy (non-hydrogen) atoms. The summed E-state index contributed by atoms with van der Waals surface area (Å²) < 4.78 is 10.4. The Kier molecular flexibility index (Phi) is 7.18. The largest absolute Gasteiger partial charge is 0.495 e. The van der Waals surface area contributed by atoms with Crippen LogP contribution in [0.1, 0.15) is 27.2 Å². The van der Waals surface area contributed by atoms with Gasteiger partial charge in [-0.25, -0.2) is 4.79 Å². The number of nitrogens with two attached hydrogens (primary N) is 1. The first kappa shape index (κ1) is 18.6. The Morgan fingerprint density at radius 1 is 1.30 bits per heavy atom. The number of carbonyl (C=O) groups excluding carboxylic acids is 1. The molecule has 0 aliphatic rings. The summed E-state index contributed by atoms with van der Waals surface area (Å²) in [5.41, 5.74) is 6.08. The second kappa shape index (κ2) is 8.87. The number of carbonyl (C=O) groups is 1. The Hall–Kier alpha value is -2.44. The summed E-state index contributed by atoms with van der Waals surface area (Å²) in [6.45, 7) is 6.42. The van der Waals surface area contributed by atoms with Gasteiger partial charge in [0.1, 0.15) is 11.4 Å². The normalized spacial score (nSPS) is 11.7. The third-order valence-corrected chi connectivity index (χ3v) is 2.65. The molecule has 0 aliphatic heterocycles. The molecule has 0 aromatic heterocycles. The SMILES string of the molecule is COc1ccccc1NC(N)=NCCCNC(=O)OC(C)(C)C. The van der Waals surface area contributed by atoms with Gasteiger partial charge in [-0.15, -0.1) is 0 Å². The Labute approximate surface area is 137 Å². The third kappa shape index (κ3) is 7.94. The van der Waals surface area contributed by atoms with Gasteiger partial charge in [0, 0.05) is 13.1 Å². The van der Waals surface area contributed by atoms with Gasteiger partial charge < -0.3 is 25.8 Å². The summed E-state index contributed by atoms with van der Waals surface area (Å²) >= 11 is 0. The molecule has 1 amide bonds. The number of anilines is 1. The molecule has 1 aromatic rings. The maximum atomic E-state index is 11.4. The number of hydrogen-bond donors (Lipinski definition) is 3. The van der Waals surface area contributed by atoms with Crippen LogP contribution in [0, 0.1) is 0 Å². The highest BCUT2D eigenvalue weighted by Crippen LogP contribution is 2.22. The van der Waals surface area contributed by atoms with E-state index in [1.54, 1.807) is 7.11 Å². The predicted molar refractivity (Wildman–Crippen MR) is 92.0 cm³/mol. The first-order valence-electron chi connectivity index (χ1n) is 7.48. The molecule has 0 heterocycles. The number of hydrogen-bond acceptors (Lipinski definition) is 4. The lowest BCUT2D eigenvalue weighted by Gasteiger charge is -2.19. The highest BCUT2D eigenvalue weighted by molar-refractivity contribution is 5.93. The summed E-state index contributed by atoms with van der Waals surface area (Å²) in [5, 5.41) is 5.65. The molecule has 7 nitrogen and oxygen atoms in total. The molecular weight excluding hydrogens is 296 g/mol. The molecule has 4 N–H and O–H groups in total. The molecule has 7 heteroatoms. The summed E-state index contributed by atoms with van der Waals surface area (Å²) in [5.74, 6) is 0.990. The fraction of sp³-hybridized carbons (Fsp3) is 0.500.